The molecule has 0 radical (unpaired) electrons. The SMILES string of the molecule is O=C(Nc1cn2ccccc2n1)c1ccc([N+](=O)[O-])cc1. The molecular formula is C14H10N4O3. The van der Waals surface area contributed by atoms with Gasteiger partial charge in [0.2, 0.25) is 0 Å². The minimum atomic E-state index is -0.510. The maximum atomic E-state index is 12.0. The molecule has 0 aliphatic carbocycles. The summed E-state index contributed by atoms with van der Waals surface area (Å²) in [6.45, 7) is 0. The van der Waals surface area contributed by atoms with E-state index in [2.05, 4.69) is 10.3 Å². The predicted octanol–water partition coefficient (Wildman–Crippen LogP) is 2.49. The van der Waals surface area contributed by atoms with Crippen LogP contribution in [0.25, 0.3) is 5.65 Å². The average Bonchev–Trinajstić information content (AvgIpc) is 2.89. The van der Waals surface area contributed by atoms with Gasteiger partial charge < -0.3 is 9.72 Å². The number of amides is 1. The summed E-state index contributed by atoms with van der Waals surface area (Å²) in [4.78, 5) is 26.3. The van der Waals surface area contributed by atoms with Crippen LogP contribution in [0.2, 0.25) is 0 Å². The lowest BCUT2D eigenvalue weighted by atomic mass is 10.2. The average molecular weight is 282 g/mol. The van der Waals surface area contributed by atoms with Crippen LogP contribution < -0.4 is 5.32 Å². The summed E-state index contributed by atoms with van der Waals surface area (Å²) in [5.41, 5.74) is 0.994. The van der Waals surface area contributed by atoms with Crippen LogP contribution in [-0.2, 0) is 0 Å². The summed E-state index contributed by atoms with van der Waals surface area (Å²) in [7, 11) is 0. The number of nitrogens with one attached hydrogen (secondary N) is 1. The topological polar surface area (TPSA) is 89.5 Å². The number of nitro groups is 1. The highest BCUT2D eigenvalue weighted by atomic mass is 16.6. The van der Waals surface area contributed by atoms with Gasteiger partial charge in [0.25, 0.3) is 11.6 Å². The monoisotopic (exact) mass is 282 g/mol. The van der Waals surface area contributed by atoms with Crippen molar-refractivity contribution in [2.75, 3.05) is 5.32 Å². The number of benzene rings is 1. The lowest BCUT2D eigenvalue weighted by Gasteiger charge is -2.01. The highest BCUT2D eigenvalue weighted by Gasteiger charge is 2.11. The van der Waals surface area contributed by atoms with Gasteiger partial charge in [-0.1, -0.05) is 6.07 Å². The first-order valence-corrected chi connectivity index (χ1v) is 6.13. The Balaban J connectivity index is 1.80. The number of carbonyl (C=O) groups is 1. The van der Waals surface area contributed by atoms with E-state index in [-0.39, 0.29) is 11.6 Å². The van der Waals surface area contributed by atoms with Gasteiger partial charge in [-0.25, -0.2) is 4.98 Å². The Labute approximate surface area is 119 Å². The van der Waals surface area contributed by atoms with E-state index >= 15 is 0 Å². The molecule has 3 aromatic rings. The van der Waals surface area contributed by atoms with E-state index in [1.165, 1.54) is 24.3 Å². The third-order valence-electron chi connectivity index (χ3n) is 2.95. The van der Waals surface area contributed by atoms with Crippen molar-refractivity contribution in [3.05, 3.63) is 70.5 Å². The van der Waals surface area contributed by atoms with E-state index in [9.17, 15) is 14.9 Å². The van der Waals surface area contributed by atoms with Gasteiger partial charge in [0.1, 0.15) is 5.65 Å². The Morgan fingerprint density at radius 1 is 1.19 bits per heavy atom. The molecule has 2 aromatic heterocycles. The first-order chi connectivity index (χ1) is 10.1. The Kier molecular flexibility index (Phi) is 3.07. The van der Waals surface area contributed by atoms with E-state index in [4.69, 9.17) is 0 Å². The van der Waals surface area contributed by atoms with Crippen molar-refractivity contribution in [3.8, 4) is 0 Å². The van der Waals surface area contributed by atoms with Gasteiger partial charge in [0, 0.05) is 23.9 Å². The number of fused-ring (bicyclic) bond motifs is 1. The summed E-state index contributed by atoms with van der Waals surface area (Å²) in [6, 6.07) is 10.9. The van der Waals surface area contributed by atoms with Crippen molar-refractivity contribution in [2.45, 2.75) is 0 Å². The molecule has 0 atom stereocenters. The molecule has 2 heterocycles. The van der Waals surface area contributed by atoms with Crippen LogP contribution in [0.1, 0.15) is 10.4 Å². The molecule has 0 saturated carbocycles. The minimum absolute atomic E-state index is 0.0562. The smallest absolute Gasteiger partial charge is 0.269 e. The summed E-state index contributed by atoms with van der Waals surface area (Å²) in [5, 5.41) is 13.2. The van der Waals surface area contributed by atoms with Gasteiger partial charge >= 0.3 is 0 Å². The third kappa shape index (κ3) is 2.57. The standard InChI is InChI=1S/C14H10N4O3/c19-14(10-4-6-11(7-5-10)18(20)21)16-12-9-17-8-2-1-3-13(17)15-12/h1-9H,(H,16,19). The van der Waals surface area contributed by atoms with Gasteiger partial charge in [-0.15, -0.1) is 0 Å². The van der Waals surface area contributed by atoms with Gasteiger partial charge in [0.15, 0.2) is 5.82 Å². The molecule has 0 saturated heterocycles. The second-order valence-corrected chi connectivity index (χ2v) is 4.35. The Hall–Kier alpha value is -3.22. The number of nitro benzene ring substituents is 1. The third-order valence-corrected chi connectivity index (χ3v) is 2.95. The molecule has 7 nitrogen and oxygen atoms in total. The largest absolute Gasteiger partial charge is 0.305 e. The number of hydrogen-bond acceptors (Lipinski definition) is 4. The number of non-ortho nitro benzene ring substituents is 1. The molecule has 0 aliphatic rings. The highest BCUT2D eigenvalue weighted by molar-refractivity contribution is 6.03. The van der Waals surface area contributed by atoms with Crippen LogP contribution in [0, 0.1) is 10.1 Å². The van der Waals surface area contributed by atoms with Gasteiger partial charge in [-0.2, -0.15) is 0 Å². The summed E-state index contributed by atoms with van der Waals surface area (Å²) in [5.74, 6) is 0.0536. The van der Waals surface area contributed by atoms with Crippen LogP contribution in [0.3, 0.4) is 0 Å². The number of hydrogen-bond donors (Lipinski definition) is 1. The number of aromatic nitrogens is 2. The van der Waals surface area contributed by atoms with E-state index in [0.717, 1.165) is 5.65 Å². The molecule has 1 N–H and O–H groups in total. The zero-order valence-corrected chi connectivity index (χ0v) is 10.8. The lowest BCUT2D eigenvalue weighted by Crippen LogP contribution is -2.12. The fourth-order valence-electron chi connectivity index (χ4n) is 1.92. The fraction of sp³-hybridized carbons (Fsp3) is 0. The highest BCUT2D eigenvalue weighted by Crippen LogP contribution is 2.14. The molecule has 21 heavy (non-hydrogen) atoms. The Morgan fingerprint density at radius 3 is 2.62 bits per heavy atom. The number of nitrogens with zero attached hydrogens (tertiary/aromatic N) is 3. The molecule has 0 unspecified atom stereocenters. The van der Waals surface area contributed by atoms with Crippen molar-refractivity contribution in [1.29, 1.82) is 0 Å². The minimum Gasteiger partial charge on any atom is -0.305 e. The Morgan fingerprint density at radius 2 is 1.95 bits per heavy atom. The van der Waals surface area contributed by atoms with E-state index < -0.39 is 4.92 Å². The lowest BCUT2D eigenvalue weighted by molar-refractivity contribution is -0.384. The van der Waals surface area contributed by atoms with Gasteiger partial charge in [-0.3, -0.25) is 14.9 Å². The summed E-state index contributed by atoms with van der Waals surface area (Å²) >= 11 is 0. The second kappa shape index (κ2) is 5.04. The summed E-state index contributed by atoms with van der Waals surface area (Å²) in [6.07, 6.45) is 3.52. The molecule has 1 amide bonds. The molecule has 3 rings (SSSR count). The first kappa shape index (κ1) is 12.8. The number of anilines is 1. The van der Waals surface area contributed by atoms with Crippen LogP contribution >= 0.6 is 0 Å². The van der Waals surface area contributed by atoms with Crippen molar-refractivity contribution in [2.24, 2.45) is 0 Å². The maximum Gasteiger partial charge on any atom is 0.269 e. The zero-order valence-electron chi connectivity index (χ0n) is 10.8. The Bertz CT molecular complexity index is 791. The fourth-order valence-corrected chi connectivity index (χ4v) is 1.92. The number of rotatable bonds is 3. The van der Waals surface area contributed by atoms with Crippen LogP contribution in [0.4, 0.5) is 11.5 Å². The quantitative estimate of drug-likeness (QED) is 0.590. The second-order valence-electron chi connectivity index (χ2n) is 4.35. The maximum absolute atomic E-state index is 12.0. The molecule has 1 aromatic carbocycles. The molecule has 104 valence electrons. The van der Waals surface area contributed by atoms with E-state index in [0.29, 0.717) is 11.4 Å². The van der Waals surface area contributed by atoms with Crippen LogP contribution in [0.5, 0.6) is 0 Å². The number of imidazole rings is 1. The van der Waals surface area contributed by atoms with Crippen molar-refractivity contribution < 1.29 is 9.72 Å². The van der Waals surface area contributed by atoms with Gasteiger partial charge in [0.05, 0.1) is 11.1 Å². The van der Waals surface area contributed by atoms with Crippen LogP contribution in [0.15, 0.2) is 54.9 Å². The molecule has 0 fully saturated rings. The number of pyridine rings is 1. The normalized spacial score (nSPS) is 10.5. The molecular weight excluding hydrogens is 272 g/mol. The van der Waals surface area contributed by atoms with Crippen molar-refractivity contribution >= 4 is 23.1 Å². The van der Waals surface area contributed by atoms with Crippen molar-refractivity contribution in [1.82, 2.24) is 9.38 Å². The van der Waals surface area contributed by atoms with Gasteiger partial charge in [-0.05, 0) is 24.3 Å². The van der Waals surface area contributed by atoms with Crippen molar-refractivity contribution in [3.63, 3.8) is 0 Å². The first-order valence-electron chi connectivity index (χ1n) is 6.13. The zero-order chi connectivity index (χ0) is 14.8. The predicted molar refractivity (Wildman–Crippen MR) is 76.2 cm³/mol. The summed E-state index contributed by atoms with van der Waals surface area (Å²) < 4.78 is 1.78. The molecule has 0 aliphatic heterocycles. The number of carbonyl (C=O) groups excluding carboxylic acids is 1. The molecule has 7 heteroatoms. The van der Waals surface area contributed by atoms with E-state index in [1.54, 1.807) is 10.6 Å². The van der Waals surface area contributed by atoms with E-state index in [1.807, 2.05) is 24.4 Å². The van der Waals surface area contributed by atoms with Crippen LogP contribution in [-0.4, -0.2) is 20.2 Å². The molecule has 0 bridgehead atoms. The molecule has 0 spiro atoms.